The summed E-state index contributed by atoms with van der Waals surface area (Å²) in [4.78, 5) is 0. The molecule has 0 aliphatic rings. The van der Waals surface area contributed by atoms with Gasteiger partial charge in [-0.2, -0.15) is 11.8 Å². The minimum absolute atomic E-state index is 0.109. The van der Waals surface area contributed by atoms with Gasteiger partial charge in [-0.1, -0.05) is 6.92 Å². The summed E-state index contributed by atoms with van der Waals surface area (Å²) in [6.07, 6.45) is 0. The van der Waals surface area contributed by atoms with Gasteiger partial charge in [-0.25, -0.2) is 8.78 Å². The van der Waals surface area contributed by atoms with E-state index < -0.39 is 11.6 Å². The molecule has 0 aromatic heterocycles. The first-order valence-corrected chi connectivity index (χ1v) is 6.95. The molecule has 1 rings (SSSR count). The standard InChI is InChI=1S/C11H14BrF2NS/c1-3-16-6-9(15-2)10-8(13)5-4-7(12)11(10)14/h4-5,9,15H,3,6H2,1-2H3. The van der Waals surface area contributed by atoms with Crippen molar-refractivity contribution in [3.05, 3.63) is 33.8 Å². The molecule has 1 aromatic carbocycles. The van der Waals surface area contributed by atoms with Gasteiger partial charge in [-0.05, 0) is 40.9 Å². The Morgan fingerprint density at radius 3 is 2.69 bits per heavy atom. The van der Waals surface area contributed by atoms with Gasteiger partial charge >= 0.3 is 0 Å². The van der Waals surface area contributed by atoms with Gasteiger partial charge in [0.2, 0.25) is 0 Å². The smallest absolute Gasteiger partial charge is 0.145 e. The maximum atomic E-state index is 13.8. The minimum Gasteiger partial charge on any atom is -0.312 e. The van der Waals surface area contributed by atoms with Gasteiger partial charge in [0.15, 0.2) is 0 Å². The lowest BCUT2D eigenvalue weighted by Crippen LogP contribution is -2.21. The molecule has 1 atom stereocenters. The van der Waals surface area contributed by atoms with Crippen LogP contribution in [0.25, 0.3) is 0 Å². The molecule has 0 heterocycles. The van der Waals surface area contributed by atoms with E-state index in [1.165, 1.54) is 12.1 Å². The predicted molar refractivity (Wildman–Crippen MR) is 68.9 cm³/mol. The Balaban J connectivity index is 3.03. The third kappa shape index (κ3) is 3.18. The lowest BCUT2D eigenvalue weighted by atomic mass is 10.1. The highest BCUT2D eigenvalue weighted by Gasteiger charge is 2.20. The minimum atomic E-state index is -0.518. The fraction of sp³-hybridized carbons (Fsp3) is 0.455. The molecule has 0 amide bonds. The fourth-order valence-corrected chi connectivity index (χ4v) is 2.56. The van der Waals surface area contributed by atoms with Crippen molar-refractivity contribution in [3.8, 4) is 0 Å². The molecule has 0 aliphatic heterocycles. The monoisotopic (exact) mass is 309 g/mol. The van der Waals surface area contributed by atoms with Crippen molar-refractivity contribution in [2.75, 3.05) is 18.6 Å². The predicted octanol–water partition coefficient (Wildman–Crippen LogP) is 3.74. The van der Waals surface area contributed by atoms with E-state index in [2.05, 4.69) is 21.2 Å². The average Bonchev–Trinajstić information content (AvgIpc) is 2.28. The van der Waals surface area contributed by atoms with Crippen molar-refractivity contribution in [3.63, 3.8) is 0 Å². The lowest BCUT2D eigenvalue weighted by molar-refractivity contribution is 0.510. The maximum Gasteiger partial charge on any atom is 0.145 e. The summed E-state index contributed by atoms with van der Waals surface area (Å²) >= 11 is 4.72. The summed E-state index contributed by atoms with van der Waals surface area (Å²) in [6, 6.07) is 2.36. The topological polar surface area (TPSA) is 12.0 Å². The third-order valence-electron chi connectivity index (χ3n) is 2.27. The summed E-state index contributed by atoms with van der Waals surface area (Å²) in [5.74, 6) is 0.556. The molecule has 90 valence electrons. The Hall–Kier alpha value is -0.130. The second-order valence-electron chi connectivity index (χ2n) is 3.26. The molecule has 5 heteroatoms. The molecule has 0 fully saturated rings. The summed E-state index contributed by atoms with van der Waals surface area (Å²) in [5.41, 5.74) is 0.109. The molecular formula is C11H14BrF2NS. The van der Waals surface area contributed by atoms with E-state index >= 15 is 0 Å². The summed E-state index contributed by atoms with van der Waals surface area (Å²) in [5, 5.41) is 2.94. The second kappa shape index (κ2) is 6.57. The quantitative estimate of drug-likeness (QED) is 0.832. The van der Waals surface area contributed by atoms with Crippen LogP contribution in [0, 0.1) is 11.6 Å². The maximum absolute atomic E-state index is 13.8. The first kappa shape index (κ1) is 13.9. The number of hydrogen-bond acceptors (Lipinski definition) is 2. The van der Waals surface area contributed by atoms with Gasteiger partial charge < -0.3 is 5.32 Å². The highest BCUT2D eigenvalue weighted by Crippen LogP contribution is 2.28. The van der Waals surface area contributed by atoms with Gasteiger partial charge in [-0.15, -0.1) is 0 Å². The summed E-state index contributed by atoms with van der Waals surface area (Å²) in [6.45, 7) is 2.02. The Morgan fingerprint density at radius 2 is 2.12 bits per heavy atom. The van der Waals surface area contributed by atoms with Crippen molar-refractivity contribution in [1.82, 2.24) is 5.32 Å². The fourth-order valence-electron chi connectivity index (χ4n) is 1.41. The van der Waals surface area contributed by atoms with Crippen LogP contribution in [0.5, 0.6) is 0 Å². The van der Waals surface area contributed by atoms with Crippen LogP contribution < -0.4 is 5.32 Å². The molecule has 0 bridgehead atoms. The number of thioether (sulfide) groups is 1. The average molecular weight is 310 g/mol. The largest absolute Gasteiger partial charge is 0.312 e. The first-order valence-electron chi connectivity index (χ1n) is 5.00. The summed E-state index contributed by atoms with van der Waals surface area (Å²) in [7, 11) is 1.71. The van der Waals surface area contributed by atoms with Gasteiger partial charge in [0.25, 0.3) is 0 Å². The molecule has 1 aromatic rings. The van der Waals surface area contributed by atoms with Crippen LogP contribution in [-0.2, 0) is 0 Å². The van der Waals surface area contributed by atoms with Crippen molar-refractivity contribution < 1.29 is 8.78 Å². The molecule has 1 unspecified atom stereocenters. The zero-order valence-electron chi connectivity index (χ0n) is 9.19. The lowest BCUT2D eigenvalue weighted by Gasteiger charge is -2.18. The Labute approximate surface area is 107 Å². The highest BCUT2D eigenvalue weighted by molar-refractivity contribution is 9.10. The van der Waals surface area contributed by atoms with E-state index in [0.717, 1.165) is 5.75 Å². The normalized spacial score (nSPS) is 12.8. The molecule has 1 N–H and O–H groups in total. The number of benzene rings is 1. The Morgan fingerprint density at radius 1 is 1.44 bits per heavy atom. The zero-order valence-corrected chi connectivity index (χ0v) is 11.6. The highest BCUT2D eigenvalue weighted by atomic mass is 79.9. The van der Waals surface area contributed by atoms with E-state index in [-0.39, 0.29) is 11.6 Å². The first-order chi connectivity index (χ1) is 7.61. The van der Waals surface area contributed by atoms with Crippen LogP contribution in [0.3, 0.4) is 0 Å². The number of hydrogen-bond donors (Lipinski definition) is 1. The van der Waals surface area contributed by atoms with Gasteiger partial charge in [-0.3, -0.25) is 0 Å². The van der Waals surface area contributed by atoms with Gasteiger partial charge in [0, 0.05) is 17.4 Å². The molecule has 0 spiro atoms. The van der Waals surface area contributed by atoms with Gasteiger partial charge in [0.1, 0.15) is 11.6 Å². The molecule has 0 aliphatic carbocycles. The van der Waals surface area contributed by atoms with Crippen LogP contribution in [0.4, 0.5) is 8.78 Å². The van der Waals surface area contributed by atoms with E-state index in [9.17, 15) is 8.78 Å². The van der Waals surface area contributed by atoms with Crippen LogP contribution in [0.1, 0.15) is 18.5 Å². The van der Waals surface area contributed by atoms with Crippen LogP contribution in [0.2, 0.25) is 0 Å². The zero-order chi connectivity index (χ0) is 12.1. The molecule has 1 nitrogen and oxygen atoms in total. The van der Waals surface area contributed by atoms with Gasteiger partial charge in [0.05, 0.1) is 4.47 Å². The van der Waals surface area contributed by atoms with Crippen LogP contribution in [0.15, 0.2) is 16.6 Å². The third-order valence-corrected chi connectivity index (χ3v) is 3.85. The van der Waals surface area contributed by atoms with Crippen molar-refractivity contribution in [1.29, 1.82) is 0 Å². The van der Waals surface area contributed by atoms with E-state index in [1.54, 1.807) is 18.8 Å². The molecular weight excluding hydrogens is 296 g/mol. The summed E-state index contributed by atoms with van der Waals surface area (Å²) < 4.78 is 27.7. The van der Waals surface area contributed by atoms with Crippen molar-refractivity contribution in [2.45, 2.75) is 13.0 Å². The van der Waals surface area contributed by atoms with E-state index in [1.807, 2.05) is 6.92 Å². The van der Waals surface area contributed by atoms with Crippen molar-refractivity contribution >= 4 is 27.7 Å². The van der Waals surface area contributed by atoms with Crippen LogP contribution >= 0.6 is 27.7 Å². The second-order valence-corrected chi connectivity index (χ2v) is 5.43. The number of rotatable bonds is 5. The van der Waals surface area contributed by atoms with Crippen LogP contribution in [-0.4, -0.2) is 18.6 Å². The number of halogens is 3. The van der Waals surface area contributed by atoms with E-state index in [0.29, 0.717) is 10.2 Å². The molecule has 0 saturated heterocycles. The van der Waals surface area contributed by atoms with Crippen molar-refractivity contribution in [2.24, 2.45) is 0 Å². The molecule has 0 radical (unpaired) electrons. The molecule has 16 heavy (non-hydrogen) atoms. The van der Waals surface area contributed by atoms with E-state index in [4.69, 9.17) is 0 Å². The Kier molecular flexibility index (Phi) is 5.72. The molecule has 0 saturated carbocycles. The SMILES string of the molecule is CCSCC(NC)c1c(F)ccc(Br)c1F. The Bertz CT molecular complexity index is 360. The number of nitrogens with one attached hydrogen (secondary N) is 1.